The van der Waals surface area contributed by atoms with Gasteiger partial charge in [-0.1, -0.05) is 62.2 Å². The number of amides is 1. The molecule has 1 fully saturated rings. The average Bonchev–Trinajstić information content (AvgIpc) is 3.23. The topological polar surface area (TPSA) is 79.3 Å². The Labute approximate surface area is 236 Å². The van der Waals surface area contributed by atoms with Crippen molar-refractivity contribution in [2.45, 2.75) is 38.8 Å². The monoisotopic (exact) mass is 542 g/mol. The minimum atomic E-state index is -0.715. The number of aliphatic hydroxyl groups excluding tert-OH is 1. The van der Waals surface area contributed by atoms with Gasteiger partial charge < -0.3 is 24.4 Å². The molecule has 1 aliphatic heterocycles. The first-order valence-electron chi connectivity index (χ1n) is 13.8. The zero-order chi connectivity index (χ0) is 28.5. The predicted molar refractivity (Wildman–Crippen MR) is 156 cm³/mol. The molecule has 1 unspecified atom stereocenters. The maximum absolute atomic E-state index is 13.3. The molecule has 40 heavy (non-hydrogen) atoms. The summed E-state index contributed by atoms with van der Waals surface area (Å²) in [5.74, 6) is -0.133. The minimum absolute atomic E-state index is 0.0818. The van der Waals surface area contributed by atoms with E-state index in [1.54, 1.807) is 29.2 Å². The molecule has 3 aromatic rings. The number of rotatable bonds is 13. The van der Waals surface area contributed by atoms with Crippen LogP contribution in [-0.4, -0.2) is 60.4 Å². The lowest BCUT2D eigenvalue weighted by Gasteiger charge is -2.26. The number of benzene rings is 3. The fraction of sp³-hybridized carbons (Fsp3) is 0.333. The molecule has 1 saturated heterocycles. The molecular weight excluding hydrogens is 504 g/mol. The predicted octanol–water partition coefficient (Wildman–Crippen LogP) is 5.82. The fourth-order valence-electron chi connectivity index (χ4n) is 4.66. The number of nitrogens with zero attached hydrogens (tertiary/aromatic N) is 2. The molecule has 0 saturated carbocycles. The van der Waals surface area contributed by atoms with Crippen molar-refractivity contribution in [3.63, 3.8) is 0 Å². The van der Waals surface area contributed by atoms with E-state index >= 15 is 0 Å². The van der Waals surface area contributed by atoms with Gasteiger partial charge in [0.25, 0.3) is 11.7 Å². The standard InChI is InChI=1S/C33H38N2O5/c1-4-5-9-22-39-27-18-14-26(15-19-27)31(36)29-30(35(21-20-34(2)3)33(38)32(29)37)25-12-16-28(17-13-25)40-23-24-10-7-6-8-11-24/h6-8,10-19,30,36H,4-5,9,20-23H2,1-3H3/b31-29-. The number of carbonyl (C=O) groups excluding carboxylic acids is 2. The van der Waals surface area contributed by atoms with Crippen LogP contribution in [0.15, 0.2) is 84.4 Å². The van der Waals surface area contributed by atoms with Crippen LogP contribution in [0.2, 0.25) is 0 Å². The van der Waals surface area contributed by atoms with E-state index in [4.69, 9.17) is 9.47 Å². The van der Waals surface area contributed by atoms with Gasteiger partial charge in [0.15, 0.2) is 0 Å². The Balaban J connectivity index is 1.61. The van der Waals surface area contributed by atoms with E-state index in [-0.39, 0.29) is 11.3 Å². The van der Waals surface area contributed by atoms with Crippen molar-refractivity contribution < 1.29 is 24.2 Å². The summed E-state index contributed by atoms with van der Waals surface area (Å²) >= 11 is 0. The highest BCUT2D eigenvalue weighted by Crippen LogP contribution is 2.40. The summed E-state index contributed by atoms with van der Waals surface area (Å²) in [5.41, 5.74) is 2.32. The summed E-state index contributed by atoms with van der Waals surface area (Å²) in [4.78, 5) is 29.9. The summed E-state index contributed by atoms with van der Waals surface area (Å²) in [6, 6.07) is 23.5. The van der Waals surface area contributed by atoms with Crippen LogP contribution in [0.4, 0.5) is 0 Å². The zero-order valence-electron chi connectivity index (χ0n) is 23.5. The largest absolute Gasteiger partial charge is 0.507 e. The maximum Gasteiger partial charge on any atom is 0.295 e. The molecule has 1 aliphatic rings. The Morgan fingerprint density at radius 3 is 2.17 bits per heavy atom. The molecule has 0 spiro atoms. The number of unbranched alkanes of at least 4 members (excludes halogenated alkanes) is 2. The Morgan fingerprint density at radius 2 is 1.52 bits per heavy atom. The van der Waals surface area contributed by atoms with Crippen LogP contribution in [0.3, 0.4) is 0 Å². The number of hydrogen-bond donors (Lipinski definition) is 1. The lowest BCUT2D eigenvalue weighted by atomic mass is 9.95. The highest BCUT2D eigenvalue weighted by atomic mass is 16.5. The summed E-state index contributed by atoms with van der Waals surface area (Å²) in [7, 11) is 3.83. The van der Waals surface area contributed by atoms with E-state index in [0.717, 1.165) is 30.4 Å². The van der Waals surface area contributed by atoms with Crippen LogP contribution in [0.1, 0.15) is 48.9 Å². The third-order valence-electron chi connectivity index (χ3n) is 6.92. The molecule has 0 aliphatic carbocycles. The number of ketones is 1. The van der Waals surface area contributed by atoms with E-state index in [2.05, 4.69) is 6.92 Å². The molecule has 0 bridgehead atoms. The quantitative estimate of drug-likeness (QED) is 0.127. The third kappa shape index (κ3) is 7.10. The first-order chi connectivity index (χ1) is 19.4. The Kier molecular flexibility index (Phi) is 9.97. The van der Waals surface area contributed by atoms with Gasteiger partial charge in [0.1, 0.15) is 23.9 Å². The molecule has 1 atom stereocenters. The van der Waals surface area contributed by atoms with Gasteiger partial charge in [-0.25, -0.2) is 0 Å². The highest BCUT2D eigenvalue weighted by Gasteiger charge is 2.45. The second-order valence-electron chi connectivity index (χ2n) is 10.2. The van der Waals surface area contributed by atoms with Gasteiger partial charge in [0.05, 0.1) is 18.2 Å². The minimum Gasteiger partial charge on any atom is -0.507 e. The molecule has 0 aromatic heterocycles. The van der Waals surface area contributed by atoms with Gasteiger partial charge in [-0.15, -0.1) is 0 Å². The van der Waals surface area contributed by atoms with Gasteiger partial charge in [0.2, 0.25) is 0 Å². The lowest BCUT2D eigenvalue weighted by Crippen LogP contribution is -2.35. The van der Waals surface area contributed by atoms with E-state index in [0.29, 0.717) is 43.4 Å². The van der Waals surface area contributed by atoms with Crippen LogP contribution in [0.5, 0.6) is 11.5 Å². The van der Waals surface area contributed by atoms with Crippen LogP contribution >= 0.6 is 0 Å². The molecule has 210 valence electrons. The Morgan fingerprint density at radius 1 is 0.875 bits per heavy atom. The molecule has 7 heteroatoms. The molecule has 7 nitrogen and oxygen atoms in total. The van der Waals surface area contributed by atoms with Crippen molar-refractivity contribution in [3.05, 3.63) is 101 Å². The average molecular weight is 543 g/mol. The van der Waals surface area contributed by atoms with Crippen molar-refractivity contribution in [1.82, 2.24) is 9.80 Å². The SMILES string of the molecule is CCCCCOc1ccc(/C(O)=C2/C(=O)C(=O)N(CCN(C)C)C2c2ccc(OCc3ccccc3)cc2)cc1. The number of aliphatic hydroxyl groups is 1. The first-order valence-corrected chi connectivity index (χ1v) is 13.8. The van der Waals surface area contributed by atoms with Crippen LogP contribution in [-0.2, 0) is 16.2 Å². The number of carbonyl (C=O) groups is 2. The Hall–Kier alpha value is -4.10. The smallest absolute Gasteiger partial charge is 0.295 e. The number of likely N-dealkylation sites (N-methyl/N-ethyl adjacent to an activating group) is 1. The second kappa shape index (κ2) is 13.8. The summed E-state index contributed by atoms with van der Waals surface area (Å²) in [6.45, 7) is 4.12. The fourth-order valence-corrected chi connectivity index (χ4v) is 4.66. The van der Waals surface area contributed by atoms with Crippen molar-refractivity contribution >= 4 is 17.4 Å². The number of ether oxygens (including phenoxy) is 2. The van der Waals surface area contributed by atoms with E-state index in [1.807, 2.05) is 73.6 Å². The van der Waals surface area contributed by atoms with Crippen LogP contribution < -0.4 is 9.47 Å². The number of likely N-dealkylation sites (tertiary alicyclic amines) is 1. The number of hydrogen-bond acceptors (Lipinski definition) is 6. The molecule has 1 amide bonds. The first kappa shape index (κ1) is 28.9. The molecule has 4 rings (SSSR count). The summed E-state index contributed by atoms with van der Waals surface area (Å²) in [6.07, 6.45) is 3.20. The van der Waals surface area contributed by atoms with Gasteiger partial charge in [0, 0.05) is 18.7 Å². The van der Waals surface area contributed by atoms with Crippen LogP contribution in [0.25, 0.3) is 5.76 Å². The van der Waals surface area contributed by atoms with Gasteiger partial charge >= 0.3 is 0 Å². The van der Waals surface area contributed by atoms with Crippen molar-refractivity contribution in [2.75, 3.05) is 33.8 Å². The molecule has 3 aromatic carbocycles. The summed E-state index contributed by atoms with van der Waals surface area (Å²) < 4.78 is 11.7. The normalized spacial score (nSPS) is 16.5. The maximum atomic E-state index is 13.3. The van der Waals surface area contributed by atoms with E-state index < -0.39 is 17.7 Å². The van der Waals surface area contributed by atoms with Crippen molar-refractivity contribution in [1.29, 1.82) is 0 Å². The van der Waals surface area contributed by atoms with E-state index in [9.17, 15) is 14.7 Å². The summed E-state index contributed by atoms with van der Waals surface area (Å²) in [5, 5.41) is 11.3. The third-order valence-corrected chi connectivity index (χ3v) is 6.92. The van der Waals surface area contributed by atoms with E-state index in [1.165, 1.54) is 0 Å². The molecule has 1 heterocycles. The Bertz CT molecular complexity index is 1300. The number of Topliss-reactive ketones (excluding diaryl/α,β-unsaturated/α-hetero) is 1. The van der Waals surface area contributed by atoms with Gasteiger partial charge in [-0.05, 0) is 68.0 Å². The van der Waals surface area contributed by atoms with Gasteiger partial charge in [-0.2, -0.15) is 0 Å². The highest BCUT2D eigenvalue weighted by molar-refractivity contribution is 6.46. The zero-order valence-corrected chi connectivity index (χ0v) is 23.5. The lowest BCUT2D eigenvalue weighted by molar-refractivity contribution is -0.140. The molecule has 0 radical (unpaired) electrons. The van der Waals surface area contributed by atoms with Gasteiger partial charge in [-0.3, -0.25) is 9.59 Å². The molecular formula is C33H38N2O5. The second-order valence-corrected chi connectivity index (χ2v) is 10.2. The van der Waals surface area contributed by atoms with Crippen molar-refractivity contribution in [3.8, 4) is 11.5 Å². The van der Waals surface area contributed by atoms with Crippen LogP contribution in [0, 0.1) is 0 Å². The molecule has 1 N–H and O–H groups in total. The van der Waals surface area contributed by atoms with Crippen molar-refractivity contribution in [2.24, 2.45) is 0 Å².